The summed E-state index contributed by atoms with van der Waals surface area (Å²) in [5, 5.41) is 2.79. The van der Waals surface area contributed by atoms with Crippen LogP contribution in [-0.2, 0) is 9.53 Å². The number of hydrogen-bond donors (Lipinski definition) is 1. The summed E-state index contributed by atoms with van der Waals surface area (Å²) in [5.74, 6) is -0.486. The van der Waals surface area contributed by atoms with E-state index in [1.165, 1.54) is 23.8 Å². The average Bonchev–Trinajstić information content (AvgIpc) is 2.66. The van der Waals surface area contributed by atoms with Gasteiger partial charge < -0.3 is 15.0 Å². The lowest BCUT2D eigenvalue weighted by Crippen LogP contribution is -2.23. The molecule has 0 unspecified atom stereocenters. The second-order valence-electron chi connectivity index (χ2n) is 5.60. The number of methoxy groups -OCH3 is 1. The van der Waals surface area contributed by atoms with Crippen molar-refractivity contribution in [1.82, 2.24) is 4.90 Å². The van der Waals surface area contributed by atoms with Gasteiger partial charge in [-0.25, -0.2) is 4.79 Å². The van der Waals surface area contributed by atoms with Gasteiger partial charge >= 0.3 is 5.97 Å². The minimum atomic E-state index is -0.435. The number of ether oxygens (including phenoxy) is 1. The number of carbonyl (C=O) groups excluding carboxylic acids is 3. The van der Waals surface area contributed by atoms with Crippen molar-refractivity contribution in [3.05, 3.63) is 59.7 Å². The van der Waals surface area contributed by atoms with Crippen molar-refractivity contribution >= 4 is 35.2 Å². The number of esters is 1. The normalized spacial score (nSPS) is 10.1. The lowest BCUT2D eigenvalue weighted by molar-refractivity contribution is -0.125. The van der Waals surface area contributed by atoms with Gasteiger partial charge in [-0.2, -0.15) is 0 Å². The van der Waals surface area contributed by atoms with E-state index in [1.54, 1.807) is 50.5 Å². The molecule has 7 heteroatoms. The first kappa shape index (κ1) is 19.5. The third-order valence-corrected chi connectivity index (χ3v) is 4.60. The molecular formula is C19H20N2O4S. The Balaban J connectivity index is 2.10. The fourth-order valence-corrected chi connectivity index (χ4v) is 3.08. The maximum Gasteiger partial charge on any atom is 0.337 e. The zero-order valence-electron chi connectivity index (χ0n) is 14.8. The highest BCUT2D eigenvalue weighted by Crippen LogP contribution is 2.24. The molecule has 2 rings (SSSR count). The highest BCUT2D eigenvalue weighted by Gasteiger charge is 2.14. The van der Waals surface area contributed by atoms with Gasteiger partial charge in [-0.05, 0) is 36.4 Å². The molecule has 0 radical (unpaired) electrons. The van der Waals surface area contributed by atoms with Crippen LogP contribution in [0.4, 0.5) is 5.69 Å². The smallest absolute Gasteiger partial charge is 0.337 e. The van der Waals surface area contributed by atoms with Gasteiger partial charge in [0.25, 0.3) is 5.91 Å². The molecule has 0 bridgehead atoms. The Kier molecular flexibility index (Phi) is 6.80. The number of anilines is 1. The Morgan fingerprint density at radius 1 is 1.04 bits per heavy atom. The number of rotatable bonds is 6. The predicted molar refractivity (Wildman–Crippen MR) is 102 cm³/mol. The van der Waals surface area contributed by atoms with E-state index in [9.17, 15) is 14.4 Å². The van der Waals surface area contributed by atoms with Gasteiger partial charge in [0.15, 0.2) is 0 Å². The summed E-state index contributed by atoms with van der Waals surface area (Å²) in [6.07, 6.45) is 0. The van der Waals surface area contributed by atoms with Crippen LogP contribution in [0.15, 0.2) is 53.4 Å². The highest BCUT2D eigenvalue weighted by atomic mass is 32.2. The summed E-state index contributed by atoms with van der Waals surface area (Å²) in [5.41, 5.74) is 1.46. The number of amides is 2. The molecule has 0 aliphatic rings. The molecule has 0 aliphatic heterocycles. The monoisotopic (exact) mass is 372 g/mol. The lowest BCUT2D eigenvalue weighted by Gasteiger charge is -2.12. The fourth-order valence-electron chi connectivity index (χ4n) is 2.05. The maximum atomic E-state index is 12.6. The third-order valence-electron chi connectivity index (χ3n) is 3.55. The molecule has 0 aromatic heterocycles. The van der Waals surface area contributed by atoms with Crippen molar-refractivity contribution < 1.29 is 19.1 Å². The number of nitrogens with one attached hydrogen (secondary N) is 1. The quantitative estimate of drug-likeness (QED) is 0.623. The number of benzene rings is 2. The van der Waals surface area contributed by atoms with E-state index < -0.39 is 5.97 Å². The van der Waals surface area contributed by atoms with Crippen molar-refractivity contribution in [1.29, 1.82) is 0 Å². The Labute approximate surface area is 156 Å². The van der Waals surface area contributed by atoms with Crippen molar-refractivity contribution in [2.45, 2.75) is 4.90 Å². The van der Waals surface area contributed by atoms with Gasteiger partial charge in [-0.15, -0.1) is 11.8 Å². The number of carbonyl (C=O) groups is 3. The first-order valence-corrected chi connectivity index (χ1v) is 8.82. The summed E-state index contributed by atoms with van der Waals surface area (Å²) in [6.45, 7) is 0. The SMILES string of the molecule is COC(=O)c1ccc(NC(=O)c2ccccc2SCC(=O)N(C)C)cc1. The third kappa shape index (κ3) is 5.10. The van der Waals surface area contributed by atoms with Gasteiger partial charge in [0, 0.05) is 24.7 Å². The molecular weight excluding hydrogens is 352 g/mol. The van der Waals surface area contributed by atoms with E-state index in [1.807, 2.05) is 12.1 Å². The van der Waals surface area contributed by atoms with E-state index in [-0.39, 0.29) is 17.6 Å². The van der Waals surface area contributed by atoms with Crippen LogP contribution in [0, 0.1) is 0 Å². The van der Waals surface area contributed by atoms with Crippen LogP contribution in [0.5, 0.6) is 0 Å². The molecule has 0 atom stereocenters. The van der Waals surface area contributed by atoms with Crippen LogP contribution < -0.4 is 5.32 Å². The van der Waals surface area contributed by atoms with Gasteiger partial charge in [-0.3, -0.25) is 9.59 Å². The Bertz CT molecular complexity index is 803. The van der Waals surface area contributed by atoms with E-state index in [0.717, 1.165) is 4.90 Å². The molecule has 0 fully saturated rings. The molecule has 136 valence electrons. The van der Waals surface area contributed by atoms with E-state index in [4.69, 9.17) is 0 Å². The van der Waals surface area contributed by atoms with Crippen LogP contribution in [0.25, 0.3) is 0 Å². The zero-order valence-corrected chi connectivity index (χ0v) is 15.6. The zero-order chi connectivity index (χ0) is 19.1. The molecule has 0 saturated carbocycles. The summed E-state index contributed by atoms with van der Waals surface area (Å²) in [7, 11) is 4.70. The molecule has 0 saturated heterocycles. The van der Waals surface area contributed by atoms with Crippen LogP contribution in [0.1, 0.15) is 20.7 Å². The first-order chi connectivity index (χ1) is 12.4. The van der Waals surface area contributed by atoms with Crippen molar-refractivity contribution in [2.75, 3.05) is 32.3 Å². The molecule has 2 aromatic carbocycles. The summed E-state index contributed by atoms with van der Waals surface area (Å²) < 4.78 is 4.65. The van der Waals surface area contributed by atoms with Crippen LogP contribution in [-0.4, -0.2) is 49.6 Å². The minimum absolute atomic E-state index is 0.0244. The van der Waals surface area contributed by atoms with Crippen molar-refractivity contribution in [3.8, 4) is 0 Å². The molecule has 26 heavy (non-hydrogen) atoms. The molecule has 2 amide bonds. The van der Waals surface area contributed by atoms with E-state index in [2.05, 4.69) is 10.1 Å². The molecule has 0 spiro atoms. The number of thioether (sulfide) groups is 1. The van der Waals surface area contributed by atoms with E-state index >= 15 is 0 Å². The summed E-state index contributed by atoms with van der Waals surface area (Å²) >= 11 is 1.32. The first-order valence-electron chi connectivity index (χ1n) is 7.84. The van der Waals surface area contributed by atoms with Gasteiger partial charge in [0.1, 0.15) is 0 Å². The molecule has 0 heterocycles. The summed E-state index contributed by atoms with van der Waals surface area (Å²) in [4.78, 5) is 38.0. The molecule has 1 N–H and O–H groups in total. The average molecular weight is 372 g/mol. The topological polar surface area (TPSA) is 75.7 Å². The predicted octanol–water partition coefficient (Wildman–Crippen LogP) is 2.91. The second kappa shape index (κ2) is 9.05. The highest BCUT2D eigenvalue weighted by molar-refractivity contribution is 8.00. The Hall–Kier alpha value is -2.80. The van der Waals surface area contributed by atoms with Crippen molar-refractivity contribution in [3.63, 3.8) is 0 Å². The Morgan fingerprint density at radius 3 is 2.31 bits per heavy atom. The lowest BCUT2D eigenvalue weighted by atomic mass is 10.2. The van der Waals surface area contributed by atoms with Crippen molar-refractivity contribution in [2.24, 2.45) is 0 Å². The van der Waals surface area contributed by atoms with Gasteiger partial charge in [0.05, 0.1) is 24.0 Å². The molecule has 0 aliphatic carbocycles. The van der Waals surface area contributed by atoms with Crippen LogP contribution in [0.2, 0.25) is 0 Å². The van der Waals surface area contributed by atoms with Crippen LogP contribution in [0.3, 0.4) is 0 Å². The number of nitrogens with zero attached hydrogens (tertiary/aromatic N) is 1. The molecule has 2 aromatic rings. The largest absolute Gasteiger partial charge is 0.465 e. The maximum absolute atomic E-state index is 12.6. The van der Waals surface area contributed by atoms with Gasteiger partial charge in [-0.1, -0.05) is 12.1 Å². The molecule has 6 nitrogen and oxygen atoms in total. The minimum Gasteiger partial charge on any atom is -0.465 e. The van der Waals surface area contributed by atoms with E-state index in [0.29, 0.717) is 16.8 Å². The Morgan fingerprint density at radius 2 is 1.69 bits per heavy atom. The fraction of sp³-hybridized carbons (Fsp3) is 0.211. The second-order valence-corrected chi connectivity index (χ2v) is 6.61. The van der Waals surface area contributed by atoms with Gasteiger partial charge in [0.2, 0.25) is 5.91 Å². The number of hydrogen-bond acceptors (Lipinski definition) is 5. The van der Waals surface area contributed by atoms with Crippen LogP contribution >= 0.6 is 11.8 Å². The standard InChI is InChI=1S/C19H20N2O4S/c1-21(2)17(22)12-26-16-7-5-4-6-15(16)18(23)20-14-10-8-13(9-11-14)19(24)25-3/h4-11H,12H2,1-3H3,(H,20,23). The summed E-state index contributed by atoms with van der Waals surface area (Å²) in [6, 6.07) is 13.5.